The molecule has 2 rings (SSSR count). The van der Waals surface area contributed by atoms with Gasteiger partial charge in [-0.05, 0) is 33.1 Å². The Morgan fingerprint density at radius 1 is 1.45 bits per heavy atom. The zero-order valence-corrected chi connectivity index (χ0v) is 14.8. The van der Waals surface area contributed by atoms with Gasteiger partial charge in [-0.1, -0.05) is 6.92 Å². The van der Waals surface area contributed by atoms with Crippen LogP contribution in [0.15, 0.2) is 12.4 Å². The summed E-state index contributed by atoms with van der Waals surface area (Å²) >= 11 is 0. The quantitative estimate of drug-likeness (QED) is 0.858. The van der Waals surface area contributed by atoms with Crippen molar-refractivity contribution in [3.05, 3.63) is 18.0 Å². The molecule has 0 saturated carbocycles. The minimum Gasteiger partial charge on any atom is -0.309 e. The summed E-state index contributed by atoms with van der Waals surface area (Å²) < 4.78 is 28.1. The van der Waals surface area contributed by atoms with E-state index in [9.17, 15) is 8.42 Å². The zero-order valence-electron chi connectivity index (χ0n) is 14.0. The van der Waals surface area contributed by atoms with Crippen molar-refractivity contribution in [1.82, 2.24) is 19.4 Å². The first-order valence-electron chi connectivity index (χ1n) is 8.08. The van der Waals surface area contributed by atoms with Gasteiger partial charge >= 0.3 is 0 Å². The Labute approximate surface area is 133 Å². The van der Waals surface area contributed by atoms with Gasteiger partial charge in [-0.15, -0.1) is 0 Å². The number of hydrogen-bond acceptors (Lipinski definition) is 4. The number of aryl methyl sites for hydroxylation is 1. The van der Waals surface area contributed by atoms with E-state index < -0.39 is 10.0 Å². The monoisotopic (exact) mass is 328 g/mol. The predicted octanol–water partition coefficient (Wildman–Crippen LogP) is 1.44. The van der Waals surface area contributed by atoms with Gasteiger partial charge in [0.1, 0.15) is 0 Å². The largest absolute Gasteiger partial charge is 0.309 e. The van der Waals surface area contributed by atoms with E-state index in [-0.39, 0.29) is 5.25 Å². The lowest BCUT2D eigenvalue weighted by molar-refractivity contribution is 0.218. The summed E-state index contributed by atoms with van der Waals surface area (Å²) in [5, 5.41) is 7.48. The van der Waals surface area contributed by atoms with Crippen LogP contribution in [0.25, 0.3) is 0 Å². The second-order valence-electron chi connectivity index (χ2n) is 6.41. The second kappa shape index (κ2) is 7.10. The summed E-state index contributed by atoms with van der Waals surface area (Å²) in [5.74, 6) is 0.309. The molecule has 6 nitrogen and oxygen atoms in total. The molecule has 1 N–H and O–H groups in total. The summed E-state index contributed by atoms with van der Waals surface area (Å²) in [5.41, 5.74) is 1.17. The minimum absolute atomic E-state index is 0.309. The summed E-state index contributed by atoms with van der Waals surface area (Å²) in [4.78, 5) is 0. The van der Waals surface area contributed by atoms with Crippen LogP contribution in [-0.4, -0.2) is 46.9 Å². The fourth-order valence-corrected chi connectivity index (χ4v) is 4.26. The van der Waals surface area contributed by atoms with Crippen LogP contribution in [-0.2, 0) is 23.1 Å². The molecular formula is C15H28N4O2S. The maximum Gasteiger partial charge on any atom is 0.216 e. The van der Waals surface area contributed by atoms with Gasteiger partial charge in [0, 0.05) is 44.0 Å². The molecule has 0 aliphatic carbocycles. The van der Waals surface area contributed by atoms with Crippen LogP contribution >= 0.6 is 0 Å². The molecule has 1 aliphatic rings. The number of rotatable bonds is 6. The standard InChI is InChI=1S/C15H28N4O2S/c1-5-18-11-14(9-17-18)8-16-15-6-7-19(10-13(15)4)22(20,21)12(2)3/h9,11-13,15-16H,5-8,10H2,1-4H3. The highest BCUT2D eigenvalue weighted by atomic mass is 32.2. The second-order valence-corrected chi connectivity index (χ2v) is 8.90. The first-order chi connectivity index (χ1) is 10.3. The van der Waals surface area contributed by atoms with Crippen molar-refractivity contribution in [3.63, 3.8) is 0 Å². The van der Waals surface area contributed by atoms with Gasteiger partial charge in [-0.2, -0.15) is 5.10 Å². The summed E-state index contributed by atoms with van der Waals surface area (Å²) in [7, 11) is -3.13. The van der Waals surface area contributed by atoms with Crippen molar-refractivity contribution in [3.8, 4) is 0 Å². The molecule has 22 heavy (non-hydrogen) atoms. The minimum atomic E-state index is -3.13. The van der Waals surface area contributed by atoms with Gasteiger partial charge in [0.25, 0.3) is 0 Å². The molecule has 0 aromatic carbocycles. The molecular weight excluding hydrogens is 300 g/mol. The van der Waals surface area contributed by atoms with Crippen molar-refractivity contribution >= 4 is 10.0 Å². The lowest BCUT2D eigenvalue weighted by Gasteiger charge is -2.37. The highest BCUT2D eigenvalue weighted by Crippen LogP contribution is 2.22. The number of piperidine rings is 1. The SMILES string of the molecule is CCn1cc(CNC2CCN(S(=O)(=O)C(C)C)CC2C)cn1. The lowest BCUT2D eigenvalue weighted by Crippen LogP contribution is -2.51. The van der Waals surface area contributed by atoms with Crippen molar-refractivity contribution in [2.45, 2.75) is 58.5 Å². The molecule has 0 radical (unpaired) electrons. The van der Waals surface area contributed by atoms with Gasteiger partial charge in [0.2, 0.25) is 10.0 Å². The van der Waals surface area contributed by atoms with E-state index in [1.54, 1.807) is 18.2 Å². The van der Waals surface area contributed by atoms with Crippen LogP contribution in [0, 0.1) is 5.92 Å². The van der Waals surface area contributed by atoms with Gasteiger partial charge in [0.05, 0.1) is 11.4 Å². The van der Waals surface area contributed by atoms with Crippen LogP contribution in [0.2, 0.25) is 0 Å². The first-order valence-corrected chi connectivity index (χ1v) is 9.58. The molecule has 7 heteroatoms. The molecule has 2 heterocycles. The van der Waals surface area contributed by atoms with Gasteiger partial charge in [-0.25, -0.2) is 12.7 Å². The molecule has 1 saturated heterocycles. The average Bonchev–Trinajstić information content (AvgIpc) is 2.93. The van der Waals surface area contributed by atoms with E-state index in [0.29, 0.717) is 25.0 Å². The summed E-state index contributed by atoms with van der Waals surface area (Å²) in [6.45, 7) is 10.6. The molecule has 0 spiro atoms. The Hall–Kier alpha value is -0.920. The number of nitrogens with one attached hydrogen (secondary N) is 1. The smallest absolute Gasteiger partial charge is 0.216 e. The first kappa shape index (κ1) is 17.4. The Bertz CT molecular complexity index is 582. The van der Waals surface area contributed by atoms with E-state index in [1.807, 2.05) is 10.9 Å². The van der Waals surface area contributed by atoms with E-state index in [1.165, 1.54) is 5.56 Å². The predicted molar refractivity (Wildman–Crippen MR) is 87.9 cm³/mol. The zero-order chi connectivity index (χ0) is 16.3. The molecule has 1 fully saturated rings. The van der Waals surface area contributed by atoms with Crippen molar-refractivity contribution < 1.29 is 8.42 Å². The van der Waals surface area contributed by atoms with Gasteiger partial charge in [0.15, 0.2) is 0 Å². The number of hydrogen-bond donors (Lipinski definition) is 1. The van der Waals surface area contributed by atoms with Crippen LogP contribution in [0.4, 0.5) is 0 Å². The van der Waals surface area contributed by atoms with E-state index >= 15 is 0 Å². The third-order valence-corrected chi connectivity index (χ3v) is 6.65. The Morgan fingerprint density at radius 3 is 2.73 bits per heavy atom. The molecule has 1 aliphatic heterocycles. The fourth-order valence-electron chi connectivity index (χ4n) is 2.86. The summed E-state index contributed by atoms with van der Waals surface area (Å²) in [6, 6.07) is 0.351. The lowest BCUT2D eigenvalue weighted by atomic mass is 9.95. The molecule has 1 aromatic rings. The number of aromatic nitrogens is 2. The van der Waals surface area contributed by atoms with Gasteiger partial charge < -0.3 is 5.32 Å². The van der Waals surface area contributed by atoms with Crippen LogP contribution < -0.4 is 5.32 Å². The Balaban J connectivity index is 1.88. The molecule has 0 amide bonds. The van der Waals surface area contributed by atoms with Crippen LogP contribution in [0.3, 0.4) is 0 Å². The van der Waals surface area contributed by atoms with Gasteiger partial charge in [-0.3, -0.25) is 4.68 Å². The third-order valence-electron chi connectivity index (χ3n) is 4.40. The molecule has 1 aromatic heterocycles. The highest BCUT2D eigenvalue weighted by Gasteiger charge is 2.33. The topological polar surface area (TPSA) is 67.2 Å². The maximum absolute atomic E-state index is 12.2. The maximum atomic E-state index is 12.2. The normalized spacial score (nSPS) is 24.0. The van der Waals surface area contributed by atoms with Crippen molar-refractivity contribution in [2.75, 3.05) is 13.1 Å². The van der Waals surface area contributed by atoms with E-state index in [2.05, 4.69) is 30.5 Å². The van der Waals surface area contributed by atoms with Crippen molar-refractivity contribution in [1.29, 1.82) is 0 Å². The average molecular weight is 328 g/mol. The van der Waals surface area contributed by atoms with Crippen molar-refractivity contribution in [2.24, 2.45) is 5.92 Å². The Morgan fingerprint density at radius 2 is 2.18 bits per heavy atom. The highest BCUT2D eigenvalue weighted by molar-refractivity contribution is 7.89. The van der Waals surface area contributed by atoms with E-state index in [0.717, 1.165) is 19.5 Å². The fraction of sp³-hybridized carbons (Fsp3) is 0.800. The molecule has 0 bridgehead atoms. The van der Waals surface area contributed by atoms with Crippen LogP contribution in [0.5, 0.6) is 0 Å². The molecule has 2 unspecified atom stereocenters. The Kier molecular flexibility index (Phi) is 5.63. The number of nitrogens with zero attached hydrogens (tertiary/aromatic N) is 3. The molecule has 2 atom stereocenters. The third kappa shape index (κ3) is 3.88. The number of sulfonamides is 1. The van der Waals surface area contributed by atoms with Crippen LogP contribution in [0.1, 0.15) is 39.7 Å². The van der Waals surface area contributed by atoms with E-state index in [4.69, 9.17) is 0 Å². The molecule has 126 valence electrons. The summed E-state index contributed by atoms with van der Waals surface area (Å²) in [6.07, 6.45) is 4.80.